The molecular weight excluding hydrogens is 434 g/mol. The lowest BCUT2D eigenvalue weighted by molar-refractivity contribution is 0.0325. The maximum atomic E-state index is 13.7. The Hall–Kier alpha value is -3.69. The summed E-state index contributed by atoms with van der Waals surface area (Å²) in [5, 5.41) is 4.77. The zero-order valence-electron chi connectivity index (χ0n) is 19.3. The molecule has 34 heavy (non-hydrogen) atoms. The van der Waals surface area contributed by atoms with E-state index in [1.54, 1.807) is 41.8 Å². The van der Waals surface area contributed by atoms with Gasteiger partial charge >= 0.3 is 0 Å². The Bertz CT molecular complexity index is 1330. The highest BCUT2D eigenvalue weighted by atomic mass is 16.5. The number of hydrogen-bond donors (Lipinski definition) is 0. The molecular formula is C25H27N5O4. The third kappa shape index (κ3) is 4.40. The van der Waals surface area contributed by atoms with Crippen molar-refractivity contribution in [1.82, 2.24) is 24.2 Å². The van der Waals surface area contributed by atoms with Gasteiger partial charge in [-0.2, -0.15) is 5.10 Å². The summed E-state index contributed by atoms with van der Waals surface area (Å²) in [7, 11) is 3.13. The van der Waals surface area contributed by atoms with E-state index < -0.39 is 0 Å². The van der Waals surface area contributed by atoms with Crippen LogP contribution in [-0.4, -0.2) is 64.8 Å². The van der Waals surface area contributed by atoms with Gasteiger partial charge in [-0.3, -0.25) is 14.3 Å². The van der Waals surface area contributed by atoms with Crippen LogP contribution in [0.3, 0.4) is 0 Å². The molecule has 9 heteroatoms. The van der Waals surface area contributed by atoms with Crippen molar-refractivity contribution in [1.29, 1.82) is 0 Å². The lowest BCUT2D eigenvalue weighted by atomic mass is 10.1. The molecule has 4 aromatic rings. The summed E-state index contributed by atoms with van der Waals surface area (Å²) in [6.45, 7) is 3.94. The Labute approximate surface area is 197 Å². The minimum absolute atomic E-state index is 0.106. The van der Waals surface area contributed by atoms with Gasteiger partial charge in [0.1, 0.15) is 5.82 Å². The first-order valence-electron chi connectivity index (χ1n) is 11.2. The molecule has 2 aromatic heterocycles. The third-order valence-corrected chi connectivity index (χ3v) is 6.05. The quantitative estimate of drug-likeness (QED) is 0.418. The predicted molar refractivity (Wildman–Crippen MR) is 128 cm³/mol. The fourth-order valence-electron chi connectivity index (χ4n) is 4.20. The van der Waals surface area contributed by atoms with E-state index in [1.807, 2.05) is 36.5 Å². The van der Waals surface area contributed by atoms with Crippen molar-refractivity contribution in [3.63, 3.8) is 0 Å². The standard InChI is InChI=1S/C25H27N5O4/c1-32-22-14-20-21(15-23(22)33-2)27-24(17-28-10-12-34-13-11-28)29(25(20)31)16-18-4-6-19(7-5-18)30-9-3-8-26-30/h3-9,14-15H,10-13,16-17H2,1-2H3. The molecule has 0 radical (unpaired) electrons. The first-order chi connectivity index (χ1) is 16.7. The summed E-state index contributed by atoms with van der Waals surface area (Å²) in [6.07, 6.45) is 3.64. The van der Waals surface area contributed by atoms with Gasteiger partial charge in [0.25, 0.3) is 5.56 Å². The van der Waals surface area contributed by atoms with E-state index in [1.165, 1.54) is 0 Å². The molecule has 5 rings (SSSR count). The van der Waals surface area contributed by atoms with Crippen LogP contribution in [0.1, 0.15) is 11.4 Å². The molecule has 0 bridgehead atoms. The van der Waals surface area contributed by atoms with Gasteiger partial charge in [-0.1, -0.05) is 12.1 Å². The number of nitrogens with zero attached hydrogens (tertiary/aromatic N) is 5. The van der Waals surface area contributed by atoms with Gasteiger partial charge in [0, 0.05) is 31.5 Å². The van der Waals surface area contributed by atoms with Gasteiger partial charge in [-0.25, -0.2) is 9.67 Å². The molecule has 0 amide bonds. The molecule has 3 heterocycles. The van der Waals surface area contributed by atoms with Crippen LogP contribution in [0.4, 0.5) is 0 Å². The van der Waals surface area contributed by atoms with Crippen molar-refractivity contribution in [3.05, 3.63) is 76.6 Å². The first kappa shape index (κ1) is 22.1. The highest BCUT2D eigenvalue weighted by Crippen LogP contribution is 2.30. The van der Waals surface area contributed by atoms with Crippen LogP contribution in [0, 0.1) is 0 Å². The maximum absolute atomic E-state index is 13.7. The van der Waals surface area contributed by atoms with Crippen LogP contribution in [0.2, 0.25) is 0 Å². The molecule has 1 aliphatic heterocycles. The topological polar surface area (TPSA) is 83.6 Å². The molecule has 0 aliphatic carbocycles. The largest absolute Gasteiger partial charge is 0.493 e. The molecule has 0 spiro atoms. The van der Waals surface area contributed by atoms with Gasteiger partial charge in [0.15, 0.2) is 11.5 Å². The van der Waals surface area contributed by atoms with Crippen molar-refractivity contribution >= 4 is 10.9 Å². The number of fused-ring (bicyclic) bond motifs is 1. The molecule has 1 aliphatic rings. The minimum atomic E-state index is -0.106. The van der Waals surface area contributed by atoms with E-state index in [-0.39, 0.29) is 5.56 Å². The number of ether oxygens (including phenoxy) is 3. The van der Waals surface area contributed by atoms with Crippen LogP contribution in [0.15, 0.2) is 59.7 Å². The second-order valence-electron chi connectivity index (χ2n) is 8.15. The fourth-order valence-corrected chi connectivity index (χ4v) is 4.20. The second kappa shape index (κ2) is 9.66. The SMILES string of the molecule is COc1cc2nc(CN3CCOCC3)n(Cc3ccc(-n4cccn4)cc3)c(=O)c2cc1OC. The predicted octanol–water partition coefficient (Wildman–Crippen LogP) is 2.48. The van der Waals surface area contributed by atoms with Crippen molar-refractivity contribution in [3.8, 4) is 17.2 Å². The number of hydrogen-bond acceptors (Lipinski definition) is 7. The van der Waals surface area contributed by atoms with Gasteiger partial charge in [0.2, 0.25) is 0 Å². The molecule has 1 fully saturated rings. The first-order valence-corrected chi connectivity index (χ1v) is 11.2. The van der Waals surface area contributed by atoms with E-state index >= 15 is 0 Å². The molecule has 9 nitrogen and oxygen atoms in total. The van der Waals surface area contributed by atoms with E-state index in [0.29, 0.717) is 54.5 Å². The number of benzene rings is 2. The number of morpholine rings is 1. The Balaban J connectivity index is 1.56. The highest BCUT2D eigenvalue weighted by molar-refractivity contribution is 5.82. The summed E-state index contributed by atoms with van der Waals surface area (Å²) >= 11 is 0. The van der Waals surface area contributed by atoms with Crippen LogP contribution in [-0.2, 0) is 17.8 Å². The molecule has 176 valence electrons. The van der Waals surface area contributed by atoms with E-state index in [2.05, 4.69) is 10.00 Å². The molecule has 0 saturated carbocycles. The van der Waals surface area contributed by atoms with E-state index in [4.69, 9.17) is 19.2 Å². The van der Waals surface area contributed by atoms with Crippen LogP contribution in [0.25, 0.3) is 16.6 Å². The van der Waals surface area contributed by atoms with Gasteiger partial charge in [0.05, 0.1) is 57.1 Å². The monoisotopic (exact) mass is 461 g/mol. The van der Waals surface area contributed by atoms with Crippen LogP contribution < -0.4 is 15.0 Å². The zero-order valence-corrected chi connectivity index (χ0v) is 19.3. The Morgan fingerprint density at radius 3 is 2.41 bits per heavy atom. The fraction of sp³-hybridized carbons (Fsp3) is 0.320. The second-order valence-corrected chi connectivity index (χ2v) is 8.15. The average Bonchev–Trinajstić information content (AvgIpc) is 3.42. The van der Waals surface area contributed by atoms with E-state index in [9.17, 15) is 4.79 Å². The molecule has 2 aromatic carbocycles. The van der Waals surface area contributed by atoms with E-state index in [0.717, 1.165) is 24.3 Å². The molecule has 0 N–H and O–H groups in total. The van der Waals surface area contributed by atoms with Crippen molar-refractivity contribution in [2.75, 3.05) is 40.5 Å². The smallest absolute Gasteiger partial charge is 0.261 e. The Morgan fingerprint density at radius 1 is 1.00 bits per heavy atom. The zero-order chi connectivity index (χ0) is 23.5. The lowest BCUT2D eigenvalue weighted by Gasteiger charge is -2.27. The lowest BCUT2D eigenvalue weighted by Crippen LogP contribution is -2.38. The van der Waals surface area contributed by atoms with Crippen molar-refractivity contribution in [2.45, 2.75) is 13.1 Å². The van der Waals surface area contributed by atoms with Gasteiger partial charge in [-0.15, -0.1) is 0 Å². The summed E-state index contributed by atoms with van der Waals surface area (Å²) in [5.74, 6) is 1.76. The van der Waals surface area contributed by atoms with Gasteiger partial charge in [-0.05, 0) is 29.8 Å². The molecule has 0 unspecified atom stereocenters. The van der Waals surface area contributed by atoms with Gasteiger partial charge < -0.3 is 14.2 Å². The maximum Gasteiger partial charge on any atom is 0.261 e. The summed E-state index contributed by atoms with van der Waals surface area (Å²) in [6, 6.07) is 13.4. The van der Waals surface area contributed by atoms with Crippen LogP contribution >= 0.6 is 0 Å². The third-order valence-electron chi connectivity index (χ3n) is 6.05. The Morgan fingerprint density at radius 2 is 1.74 bits per heavy atom. The summed E-state index contributed by atoms with van der Waals surface area (Å²) < 4.78 is 19.9. The van der Waals surface area contributed by atoms with Crippen LogP contribution in [0.5, 0.6) is 11.5 Å². The molecule has 1 saturated heterocycles. The number of aromatic nitrogens is 4. The Kier molecular flexibility index (Phi) is 6.29. The normalized spacial score (nSPS) is 14.4. The average molecular weight is 462 g/mol. The van der Waals surface area contributed by atoms with Crippen molar-refractivity contribution < 1.29 is 14.2 Å². The molecule has 0 atom stereocenters. The number of methoxy groups -OCH3 is 2. The minimum Gasteiger partial charge on any atom is -0.493 e. The number of rotatable bonds is 7. The highest BCUT2D eigenvalue weighted by Gasteiger charge is 2.19. The van der Waals surface area contributed by atoms with Crippen molar-refractivity contribution in [2.24, 2.45) is 0 Å². The summed E-state index contributed by atoms with van der Waals surface area (Å²) in [5.41, 5.74) is 2.45. The summed E-state index contributed by atoms with van der Waals surface area (Å²) in [4.78, 5) is 20.8.